The lowest BCUT2D eigenvalue weighted by atomic mass is 10.1. The Morgan fingerprint density at radius 2 is 2.11 bits per heavy atom. The van der Waals surface area contributed by atoms with Crippen molar-refractivity contribution in [2.24, 2.45) is 0 Å². The molecule has 0 aliphatic rings. The second-order valence-electron chi connectivity index (χ2n) is 2.07. The summed E-state index contributed by atoms with van der Waals surface area (Å²) in [4.78, 5) is 0. The number of aliphatic hydroxyl groups is 2. The standard InChI is InChI=1S/C6H11NO2/c1-2-3-6(8,9)4-5-7/h8-9H,2-4H2,1H3. The highest BCUT2D eigenvalue weighted by atomic mass is 16.5. The molecule has 0 saturated carbocycles. The van der Waals surface area contributed by atoms with Crippen LogP contribution in [0.2, 0.25) is 0 Å². The molecule has 0 aromatic carbocycles. The van der Waals surface area contributed by atoms with Crippen LogP contribution < -0.4 is 0 Å². The zero-order chi connectivity index (χ0) is 7.33. The average Bonchev–Trinajstić information content (AvgIpc) is 1.64. The van der Waals surface area contributed by atoms with Crippen molar-refractivity contribution in [3.63, 3.8) is 0 Å². The van der Waals surface area contributed by atoms with Gasteiger partial charge in [-0.1, -0.05) is 13.3 Å². The second kappa shape index (κ2) is 3.44. The maximum absolute atomic E-state index is 8.85. The van der Waals surface area contributed by atoms with Gasteiger partial charge in [-0.15, -0.1) is 0 Å². The summed E-state index contributed by atoms with van der Waals surface area (Å²) in [6, 6.07) is 1.69. The Morgan fingerprint density at radius 1 is 1.56 bits per heavy atom. The molecule has 0 atom stereocenters. The first-order valence-electron chi connectivity index (χ1n) is 2.94. The first kappa shape index (κ1) is 8.41. The molecule has 0 aliphatic carbocycles. The lowest BCUT2D eigenvalue weighted by Crippen LogP contribution is -2.26. The highest BCUT2D eigenvalue weighted by Crippen LogP contribution is 2.11. The van der Waals surface area contributed by atoms with Gasteiger partial charge in [0.05, 0.1) is 12.5 Å². The minimum Gasteiger partial charge on any atom is -0.365 e. The summed E-state index contributed by atoms with van der Waals surface area (Å²) in [5.74, 6) is -1.76. The van der Waals surface area contributed by atoms with E-state index in [2.05, 4.69) is 0 Å². The molecule has 0 aromatic rings. The third-order valence-corrected chi connectivity index (χ3v) is 1.01. The third kappa shape index (κ3) is 3.95. The van der Waals surface area contributed by atoms with Crippen molar-refractivity contribution in [2.75, 3.05) is 0 Å². The Balaban J connectivity index is 3.59. The van der Waals surface area contributed by atoms with Crippen LogP contribution in [0.15, 0.2) is 0 Å². The fourth-order valence-corrected chi connectivity index (χ4v) is 0.615. The summed E-state index contributed by atoms with van der Waals surface area (Å²) in [5.41, 5.74) is 0. The van der Waals surface area contributed by atoms with Gasteiger partial charge in [-0.25, -0.2) is 0 Å². The van der Waals surface area contributed by atoms with E-state index in [4.69, 9.17) is 15.5 Å². The Kier molecular flexibility index (Phi) is 3.21. The van der Waals surface area contributed by atoms with Crippen LogP contribution in [0, 0.1) is 11.3 Å². The minimum atomic E-state index is -1.76. The van der Waals surface area contributed by atoms with E-state index in [0.29, 0.717) is 6.42 Å². The average molecular weight is 129 g/mol. The van der Waals surface area contributed by atoms with Crippen LogP contribution in [0.25, 0.3) is 0 Å². The number of rotatable bonds is 3. The van der Waals surface area contributed by atoms with Gasteiger partial charge < -0.3 is 10.2 Å². The summed E-state index contributed by atoms with van der Waals surface area (Å²) in [6.45, 7) is 1.83. The zero-order valence-corrected chi connectivity index (χ0v) is 5.46. The Labute approximate surface area is 54.5 Å². The van der Waals surface area contributed by atoms with Crippen molar-refractivity contribution >= 4 is 0 Å². The van der Waals surface area contributed by atoms with Crippen LogP contribution >= 0.6 is 0 Å². The van der Waals surface area contributed by atoms with Crippen molar-refractivity contribution in [2.45, 2.75) is 32.0 Å². The molecule has 3 nitrogen and oxygen atoms in total. The SMILES string of the molecule is CCCC(O)(O)CC#N. The lowest BCUT2D eigenvalue weighted by molar-refractivity contribution is -0.160. The molecule has 0 spiro atoms. The minimum absolute atomic E-state index is 0.208. The highest BCUT2D eigenvalue weighted by Gasteiger charge is 2.20. The fourth-order valence-electron chi connectivity index (χ4n) is 0.615. The van der Waals surface area contributed by atoms with E-state index < -0.39 is 5.79 Å². The first-order chi connectivity index (χ1) is 4.12. The maximum atomic E-state index is 8.85. The van der Waals surface area contributed by atoms with Crippen LogP contribution in [0.1, 0.15) is 26.2 Å². The van der Waals surface area contributed by atoms with Crippen LogP contribution in [0.3, 0.4) is 0 Å². The van der Waals surface area contributed by atoms with Crippen molar-refractivity contribution in [1.29, 1.82) is 5.26 Å². The molecule has 0 saturated heterocycles. The van der Waals surface area contributed by atoms with Crippen LogP contribution in [0.5, 0.6) is 0 Å². The predicted molar refractivity (Wildman–Crippen MR) is 32.3 cm³/mol. The topological polar surface area (TPSA) is 64.2 Å². The maximum Gasteiger partial charge on any atom is 0.175 e. The van der Waals surface area contributed by atoms with Gasteiger partial charge in [-0.2, -0.15) is 5.26 Å². The van der Waals surface area contributed by atoms with Crippen molar-refractivity contribution in [1.82, 2.24) is 0 Å². The first-order valence-corrected chi connectivity index (χ1v) is 2.94. The molecule has 0 heterocycles. The van der Waals surface area contributed by atoms with Crippen LogP contribution in [-0.2, 0) is 0 Å². The lowest BCUT2D eigenvalue weighted by Gasteiger charge is -2.16. The smallest absolute Gasteiger partial charge is 0.175 e. The molecule has 3 heteroatoms. The summed E-state index contributed by atoms with van der Waals surface area (Å²) >= 11 is 0. The Bertz CT molecular complexity index is 115. The van der Waals surface area contributed by atoms with E-state index in [1.807, 2.05) is 6.92 Å². The zero-order valence-electron chi connectivity index (χ0n) is 5.46. The third-order valence-electron chi connectivity index (χ3n) is 1.01. The molecular weight excluding hydrogens is 118 g/mol. The predicted octanol–water partition coefficient (Wildman–Crippen LogP) is 0.381. The molecule has 0 rings (SSSR count). The number of hydrogen-bond acceptors (Lipinski definition) is 3. The Hall–Kier alpha value is -0.590. The number of nitriles is 1. The summed E-state index contributed by atoms with van der Waals surface area (Å²) in [7, 11) is 0. The van der Waals surface area contributed by atoms with Gasteiger partial charge in [0.2, 0.25) is 0 Å². The molecular formula is C6H11NO2. The van der Waals surface area contributed by atoms with Gasteiger partial charge in [-0.05, 0) is 0 Å². The van der Waals surface area contributed by atoms with E-state index in [0.717, 1.165) is 0 Å². The Morgan fingerprint density at radius 3 is 2.44 bits per heavy atom. The molecule has 0 radical (unpaired) electrons. The molecule has 0 aromatic heterocycles. The molecule has 2 N–H and O–H groups in total. The molecule has 0 unspecified atom stereocenters. The van der Waals surface area contributed by atoms with Gasteiger partial charge in [0.15, 0.2) is 5.79 Å². The van der Waals surface area contributed by atoms with E-state index >= 15 is 0 Å². The summed E-state index contributed by atoms with van der Waals surface area (Å²) in [6.07, 6.45) is 0.732. The second-order valence-corrected chi connectivity index (χ2v) is 2.07. The number of nitrogens with zero attached hydrogens (tertiary/aromatic N) is 1. The van der Waals surface area contributed by atoms with Crippen molar-refractivity contribution < 1.29 is 10.2 Å². The molecule has 0 amide bonds. The molecule has 9 heavy (non-hydrogen) atoms. The van der Waals surface area contributed by atoms with Crippen molar-refractivity contribution in [3.05, 3.63) is 0 Å². The van der Waals surface area contributed by atoms with Crippen LogP contribution in [-0.4, -0.2) is 16.0 Å². The van der Waals surface area contributed by atoms with Gasteiger partial charge >= 0.3 is 0 Å². The quantitative estimate of drug-likeness (QED) is 0.541. The molecule has 0 fully saturated rings. The van der Waals surface area contributed by atoms with Crippen LogP contribution in [0.4, 0.5) is 0 Å². The van der Waals surface area contributed by atoms with E-state index in [9.17, 15) is 0 Å². The van der Waals surface area contributed by atoms with E-state index in [-0.39, 0.29) is 12.8 Å². The molecule has 0 aliphatic heterocycles. The number of hydrogen-bond donors (Lipinski definition) is 2. The van der Waals surface area contributed by atoms with Crippen molar-refractivity contribution in [3.8, 4) is 6.07 Å². The van der Waals surface area contributed by atoms with Gasteiger partial charge in [0.1, 0.15) is 0 Å². The summed E-state index contributed by atoms with van der Waals surface area (Å²) in [5, 5.41) is 25.8. The highest BCUT2D eigenvalue weighted by molar-refractivity contribution is 4.79. The normalized spacial score (nSPS) is 10.9. The summed E-state index contributed by atoms with van der Waals surface area (Å²) < 4.78 is 0. The van der Waals surface area contributed by atoms with Gasteiger partial charge in [0.25, 0.3) is 0 Å². The van der Waals surface area contributed by atoms with E-state index in [1.54, 1.807) is 6.07 Å². The van der Waals surface area contributed by atoms with Gasteiger partial charge in [-0.3, -0.25) is 0 Å². The van der Waals surface area contributed by atoms with E-state index in [1.165, 1.54) is 0 Å². The fraction of sp³-hybridized carbons (Fsp3) is 0.833. The monoisotopic (exact) mass is 129 g/mol. The van der Waals surface area contributed by atoms with Gasteiger partial charge in [0, 0.05) is 6.42 Å². The largest absolute Gasteiger partial charge is 0.365 e. The molecule has 52 valence electrons. The molecule has 0 bridgehead atoms.